The summed E-state index contributed by atoms with van der Waals surface area (Å²) in [7, 11) is 1.76. The lowest BCUT2D eigenvalue weighted by Crippen LogP contribution is -2.54. The summed E-state index contributed by atoms with van der Waals surface area (Å²) in [5, 5.41) is 7.38. The lowest BCUT2D eigenvalue weighted by atomic mass is 10.3. The van der Waals surface area contributed by atoms with E-state index in [1.807, 2.05) is 0 Å². The van der Waals surface area contributed by atoms with Gasteiger partial charge in [0.15, 0.2) is 11.7 Å². The minimum absolute atomic E-state index is 0. The number of hydrogen-bond donors (Lipinski definition) is 1. The monoisotopic (exact) mass is 459 g/mol. The molecule has 0 aliphatic carbocycles. The summed E-state index contributed by atoms with van der Waals surface area (Å²) in [6, 6.07) is 3.42. The van der Waals surface area contributed by atoms with Crippen LogP contribution in [0.3, 0.4) is 0 Å². The normalized spacial score (nSPS) is 15.0. The van der Waals surface area contributed by atoms with Crippen LogP contribution in [0.25, 0.3) is 0 Å². The van der Waals surface area contributed by atoms with Gasteiger partial charge in [-0.1, -0.05) is 0 Å². The number of amides is 1. The third-order valence-electron chi connectivity index (χ3n) is 3.90. The molecule has 3 heterocycles. The van der Waals surface area contributed by atoms with Gasteiger partial charge in [0.2, 0.25) is 0 Å². The SMILES string of the molecule is CN=C(NCCn1cncn1)N1CCN(C(=O)c2ccco2)CC1.I. The molecule has 9 nitrogen and oxygen atoms in total. The fraction of sp³-hybridized carbons (Fsp3) is 0.467. The first-order chi connectivity index (χ1) is 11.8. The van der Waals surface area contributed by atoms with Crippen molar-refractivity contribution < 1.29 is 9.21 Å². The van der Waals surface area contributed by atoms with E-state index in [0.717, 1.165) is 25.6 Å². The van der Waals surface area contributed by atoms with Crippen LogP contribution in [-0.4, -0.2) is 76.2 Å². The standard InChI is InChI=1S/C15H21N7O2.HI/c1-16-15(18-4-5-22-12-17-11-19-22)21-8-6-20(7-9-21)14(23)13-3-2-10-24-13;/h2-3,10-12H,4-9H2,1H3,(H,16,18);1H. The minimum Gasteiger partial charge on any atom is -0.459 e. The first-order valence-corrected chi connectivity index (χ1v) is 7.88. The Labute approximate surface area is 163 Å². The van der Waals surface area contributed by atoms with Crippen LogP contribution in [0.15, 0.2) is 40.5 Å². The number of carbonyl (C=O) groups excluding carboxylic acids is 1. The minimum atomic E-state index is -0.0613. The number of nitrogens with one attached hydrogen (secondary N) is 1. The molecule has 136 valence electrons. The molecule has 0 atom stereocenters. The molecule has 0 radical (unpaired) electrons. The van der Waals surface area contributed by atoms with E-state index in [4.69, 9.17) is 4.42 Å². The molecular weight excluding hydrogens is 437 g/mol. The summed E-state index contributed by atoms with van der Waals surface area (Å²) in [5.41, 5.74) is 0. The van der Waals surface area contributed by atoms with Gasteiger partial charge < -0.3 is 19.5 Å². The lowest BCUT2D eigenvalue weighted by molar-refractivity contribution is 0.0657. The van der Waals surface area contributed by atoms with Crippen molar-refractivity contribution in [2.45, 2.75) is 6.54 Å². The number of rotatable bonds is 4. The molecule has 0 bridgehead atoms. The maximum Gasteiger partial charge on any atom is 0.289 e. The van der Waals surface area contributed by atoms with Gasteiger partial charge in [-0.2, -0.15) is 5.10 Å². The Kier molecular flexibility index (Phi) is 7.22. The highest BCUT2D eigenvalue weighted by Gasteiger charge is 2.24. The van der Waals surface area contributed by atoms with Gasteiger partial charge in [0, 0.05) is 39.8 Å². The molecule has 1 saturated heterocycles. The number of hydrogen-bond acceptors (Lipinski definition) is 5. The molecule has 25 heavy (non-hydrogen) atoms. The highest BCUT2D eigenvalue weighted by molar-refractivity contribution is 14.0. The fourth-order valence-electron chi connectivity index (χ4n) is 2.64. The number of aromatic nitrogens is 3. The summed E-state index contributed by atoms with van der Waals surface area (Å²) in [5.74, 6) is 1.16. The second-order valence-electron chi connectivity index (χ2n) is 5.39. The average Bonchev–Trinajstić information content (AvgIpc) is 3.32. The van der Waals surface area contributed by atoms with Crippen molar-refractivity contribution in [3.63, 3.8) is 0 Å². The number of carbonyl (C=O) groups is 1. The molecule has 2 aromatic heterocycles. The lowest BCUT2D eigenvalue weighted by Gasteiger charge is -2.36. The number of guanidine groups is 1. The average molecular weight is 459 g/mol. The van der Waals surface area contributed by atoms with Gasteiger partial charge in [-0.05, 0) is 12.1 Å². The van der Waals surface area contributed by atoms with Gasteiger partial charge in [0.1, 0.15) is 12.7 Å². The van der Waals surface area contributed by atoms with Gasteiger partial charge >= 0.3 is 0 Å². The van der Waals surface area contributed by atoms with E-state index in [9.17, 15) is 4.79 Å². The molecule has 0 saturated carbocycles. The molecule has 0 spiro atoms. The Morgan fingerprint density at radius 3 is 2.68 bits per heavy atom. The molecule has 0 unspecified atom stereocenters. The van der Waals surface area contributed by atoms with Crippen LogP contribution in [0.5, 0.6) is 0 Å². The predicted molar refractivity (Wildman–Crippen MR) is 103 cm³/mol. The van der Waals surface area contributed by atoms with Crippen molar-refractivity contribution in [1.82, 2.24) is 29.9 Å². The number of furan rings is 1. The van der Waals surface area contributed by atoms with Crippen LogP contribution in [0.4, 0.5) is 0 Å². The molecule has 3 rings (SSSR count). The van der Waals surface area contributed by atoms with E-state index < -0.39 is 0 Å². The smallest absolute Gasteiger partial charge is 0.289 e. The molecule has 1 N–H and O–H groups in total. The number of halogens is 1. The highest BCUT2D eigenvalue weighted by atomic mass is 127. The van der Waals surface area contributed by atoms with Crippen molar-refractivity contribution in [2.24, 2.45) is 4.99 Å². The Bertz CT molecular complexity index is 664. The predicted octanol–water partition coefficient (Wildman–Crippen LogP) is 0.522. The van der Waals surface area contributed by atoms with Gasteiger partial charge in [-0.15, -0.1) is 24.0 Å². The van der Waals surface area contributed by atoms with Crippen molar-refractivity contribution in [3.05, 3.63) is 36.8 Å². The third-order valence-corrected chi connectivity index (χ3v) is 3.90. The van der Waals surface area contributed by atoms with Crippen LogP contribution < -0.4 is 5.32 Å². The number of nitrogens with zero attached hydrogens (tertiary/aromatic N) is 6. The molecule has 2 aromatic rings. The van der Waals surface area contributed by atoms with E-state index >= 15 is 0 Å². The summed E-state index contributed by atoms with van der Waals surface area (Å²) < 4.78 is 6.94. The molecular formula is C15H22IN7O2. The van der Waals surface area contributed by atoms with Crippen molar-refractivity contribution >= 4 is 35.8 Å². The van der Waals surface area contributed by atoms with Crippen LogP contribution in [0, 0.1) is 0 Å². The molecule has 0 aromatic carbocycles. The maximum absolute atomic E-state index is 12.3. The fourth-order valence-corrected chi connectivity index (χ4v) is 2.64. The second-order valence-corrected chi connectivity index (χ2v) is 5.39. The van der Waals surface area contributed by atoms with E-state index in [-0.39, 0.29) is 29.9 Å². The van der Waals surface area contributed by atoms with Crippen LogP contribution in [-0.2, 0) is 6.54 Å². The quantitative estimate of drug-likeness (QED) is 0.408. The molecule has 1 fully saturated rings. The van der Waals surface area contributed by atoms with Gasteiger partial charge in [-0.3, -0.25) is 14.5 Å². The zero-order valence-electron chi connectivity index (χ0n) is 14.0. The highest BCUT2D eigenvalue weighted by Crippen LogP contribution is 2.09. The molecule has 10 heteroatoms. The zero-order chi connectivity index (χ0) is 16.8. The van der Waals surface area contributed by atoms with Crippen molar-refractivity contribution in [1.29, 1.82) is 0 Å². The van der Waals surface area contributed by atoms with Gasteiger partial charge in [0.05, 0.1) is 12.8 Å². The van der Waals surface area contributed by atoms with Crippen LogP contribution >= 0.6 is 24.0 Å². The van der Waals surface area contributed by atoms with Crippen molar-refractivity contribution in [2.75, 3.05) is 39.8 Å². The number of aliphatic imine (C=N–C) groups is 1. The Morgan fingerprint density at radius 1 is 1.32 bits per heavy atom. The van der Waals surface area contributed by atoms with Gasteiger partial charge in [-0.25, -0.2) is 4.98 Å². The maximum atomic E-state index is 12.3. The summed E-state index contributed by atoms with van der Waals surface area (Å²) in [6.45, 7) is 4.18. The first-order valence-electron chi connectivity index (χ1n) is 7.88. The first kappa shape index (κ1) is 19.2. The Hall–Kier alpha value is -2.11. The largest absolute Gasteiger partial charge is 0.459 e. The van der Waals surface area contributed by atoms with Crippen LogP contribution in [0.2, 0.25) is 0 Å². The van der Waals surface area contributed by atoms with Crippen LogP contribution in [0.1, 0.15) is 10.6 Å². The van der Waals surface area contributed by atoms with Crippen molar-refractivity contribution in [3.8, 4) is 0 Å². The molecule has 1 aliphatic rings. The van der Waals surface area contributed by atoms with E-state index in [0.29, 0.717) is 25.4 Å². The summed E-state index contributed by atoms with van der Waals surface area (Å²) in [4.78, 5) is 24.4. The number of piperazine rings is 1. The summed E-state index contributed by atoms with van der Waals surface area (Å²) in [6.07, 6.45) is 4.72. The van der Waals surface area contributed by atoms with E-state index in [2.05, 4.69) is 25.3 Å². The topological polar surface area (TPSA) is 91.8 Å². The third kappa shape index (κ3) is 4.94. The molecule has 1 aliphatic heterocycles. The summed E-state index contributed by atoms with van der Waals surface area (Å²) >= 11 is 0. The van der Waals surface area contributed by atoms with E-state index in [1.54, 1.807) is 35.1 Å². The Morgan fingerprint density at radius 2 is 2.08 bits per heavy atom. The Balaban J connectivity index is 0.00000225. The molecule has 1 amide bonds. The second kappa shape index (κ2) is 9.39. The zero-order valence-corrected chi connectivity index (χ0v) is 16.4. The van der Waals surface area contributed by atoms with Gasteiger partial charge in [0.25, 0.3) is 5.91 Å². The van der Waals surface area contributed by atoms with E-state index in [1.165, 1.54) is 12.6 Å².